The van der Waals surface area contributed by atoms with Crippen molar-refractivity contribution in [3.63, 3.8) is 0 Å². The number of hydrogen-bond donors (Lipinski definition) is 2. The number of rotatable bonds is 3. The number of hydrogen-bond acceptors (Lipinski definition) is 4. The van der Waals surface area contributed by atoms with Crippen LogP contribution in [0.5, 0.6) is 11.5 Å². The van der Waals surface area contributed by atoms with Gasteiger partial charge in [0.2, 0.25) is 12.7 Å². The third-order valence-electron chi connectivity index (χ3n) is 4.15. The highest BCUT2D eigenvalue weighted by Gasteiger charge is 2.34. The van der Waals surface area contributed by atoms with Crippen molar-refractivity contribution in [1.29, 1.82) is 0 Å². The third kappa shape index (κ3) is 2.58. The second kappa shape index (κ2) is 5.32. The summed E-state index contributed by atoms with van der Waals surface area (Å²) >= 11 is 0. The van der Waals surface area contributed by atoms with E-state index < -0.39 is 0 Å². The van der Waals surface area contributed by atoms with Crippen molar-refractivity contribution in [2.24, 2.45) is 5.41 Å². The minimum absolute atomic E-state index is 0.136. The predicted molar refractivity (Wildman–Crippen MR) is 74.6 cm³/mol. The van der Waals surface area contributed by atoms with Crippen molar-refractivity contribution in [2.75, 3.05) is 19.9 Å². The SMILES string of the molecule is CC1(C(=O)NCc2ccc3c(c2)OCO3)CCNCC1. The molecule has 0 atom stereocenters. The Hall–Kier alpha value is -1.75. The summed E-state index contributed by atoms with van der Waals surface area (Å²) in [5.74, 6) is 1.66. The molecule has 1 amide bonds. The van der Waals surface area contributed by atoms with Crippen molar-refractivity contribution in [3.8, 4) is 11.5 Å². The van der Waals surface area contributed by atoms with Gasteiger partial charge < -0.3 is 20.1 Å². The molecular formula is C15H20N2O3. The molecule has 2 aliphatic heterocycles. The molecule has 1 saturated heterocycles. The lowest BCUT2D eigenvalue weighted by Gasteiger charge is -2.32. The Balaban J connectivity index is 1.60. The second-order valence-electron chi connectivity index (χ2n) is 5.68. The summed E-state index contributed by atoms with van der Waals surface area (Å²) in [7, 11) is 0. The molecule has 0 spiro atoms. The van der Waals surface area contributed by atoms with Crippen LogP contribution in [0.4, 0.5) is 0 Å². The van der Waals surface area contributed by atoms with Gasteiger partial charge in [-0.1, -0.05) is 13.0 Å². The molecule has 1 aromatic carbocycles. The molecule has 2 aliphatic rings. The van der Waals surface area contributed by atoms with Crippen LogP contribution in [0.2, 0.25) is 0 Å². The predicted octanol–water partition coefficient (Wildman–Crippen LogP) is 1.42. The Kier molecular flexibility index (Phi) is 3.53. The number of amides is 1. The number of benzene rings is 1. The molecule has 5 heteroatoms. The van der Waals surface area contributed by atoms with Crippen molar-refractivity contribution < 1.29 is 14.3 Å². The number of nitrogens with one attached hydrogen (secondary N) is 2. The zero-order valence-electron chi connectivity index (χ0n) is 11.7. The maximum Gasteiger partial charge on any atom is 0.231 e. The number of fused-ring (bicyclic) bond motifs is 1. The molecule has 0 radical (unpaired) electrons. The second-order valence-corrected chi connectivity index (χ2v) is 5.68. The molecule has 2 N–H and O–H groups in total. The normalized spacial score (nSPS) is 19.6. The highest BCUT2D eigenvalue weighted by Crippen LogP contribution is 2.32. The van der Waals surface area contributed by atoms with Crippen LogP contribution in [0, 0.1) is 5.41 Å². The van der Waals surface area contributed by atoms with Gasteiger partial charge in [-0.3, -0.25) is 4.79 Å². The van der Waals surface area contributed by atoms with Crippen LogP contribution in [0.3, 0.4) is 0 Å². The number of ether oxygens (including phenoxy) is 2. The van der Waals surface area contributed by atoms with Gasteiger partial charge in [-0.05, 0) is 43.6 Å². The van der Waals surface area contributed by atoms with E-state index in [-0.39, 0.29) is 18.1 Å². The molecule has 5 nitrogen and oxygen atoms in total. The molecule has 0 aliphatic carbocycles. The molecule has 0 saturated carbocycles. The maximum atomic E-state index is 12.3. The van der Waals surface area contributed by atoms with Gasteiger partial charge in [-0.25, -0.2) is 0 Å². The molecule has 3 rings (SSSR count). The van der Waals surface area contributed by atoms with Crippen LogP contribution in [0.1, 0.15) is 25.3 Å². The summed E-state index contributed by atoms with van der Waals surface area (Å²) < 4.78 is 10.6. The standard InChI is InChI=1S/C15H20N2O3/c1-15(4-6-16-7-5-15)14(18)17-9-11-2-3-12-13(8-11)20-10-19-12/h2-3,8,16H,4-7,9-10H2,1H3,(H,17,18). The van der Waals surface area contributed by atoms with Crippen LogP contribution in [-0.4, -0.2) is 25.8 Å². The highest BCUT2D eigenvalue weighted by molar-refractivity contribution is 5.82. The first-order chi connectivity index (χ1) is 9.67. The molecule has 0 aromatic heterocycles. The van der Waals surface area contributed by atoms with Crippen LogP contribution in [-0.2, 0) is 11.3 Å². The average Bonchev–Trinajstić information content (AvgIpc) is 2.93. The Morgan fingerprint density at radius 1 is 1.30 bits per heavy atom. The first-order valence-electron chi connectivity index (χ1n) is 7.05. The molecule has 108 valence electrons. The lowest BCUT2D eigenvalue weighted by molar-refractivity contribution is -0.131. The lowest BCUT2D eigenvalue weighted by Crippen LogP contribution is -2.45. The summed E-state index contributed by atoms with van der Waals surface area (Å²) in [6.45, 7) is 4.67. The third-order valence-corrected chi connectivity index (χ3v) is 4.15. The van der Waals surface area contributed by atoms with E-state index in [2.05, 4.69) is 10.6 Å². The van der Waals surface area contributed by atoms with Gasteiger partial charge in [0, 0.05) is 12.0 Å². The maximum absolute atomic E-state index is 12.3. The van der Waals surface area contributed by atoms with E-state index in [0.717, 1.165) is 43.0 Å². The Morgan fingerprint density at radius 2 is 2.05 bits per heavy atom. The van der Waals surface area contributed by atoms with Gasteiger partial charge in [-0.15, -0.1) is 0 Å². The topological polar surface area (TPSA) is 59.6 Å². The van der Waals surface area contributed by atoms with Crippen LogP contribution in [0.15, 0.2) is 18.2 Å². The number of piperidine rings is 1. The minimum atomic E-state index is -0.248. The van der Waals surface area contributed by atoms with Gasteiger partial charge in [0.05, 0.1) is 0 Å². The van der Waals surface area contributed by atoms with Crippen LogP contribution >= 0.6 is 0 Å². The van der Waals surface area contributed by atoms with Crippen LogP contribution < -0.4 is 20.1 Å². The van der Waals surface area contributed by atoms with Crippen molar-refractivity contribution >= 4 is 5.91 Å². The summed E-state index contributed by atoms with van der Waals surface area (Å²) in [5, 5.41) is 6.32. The Labute approximate surface area is 118 Å². The lowest BCUT2D eigenvalue weighted by atomic mass is 9.80. The molecule has 1 fully saturated rings. The van der Waals surface area contributed by atoms with E-state index in [1.165, 1.54) is 0 Å². The monoisotopic (exact) mass is 276 g/mol. The van der Waals surface area contributed by atoms with Gasteiger partial charge in [-0.2, -0.15) is 0 Å². The van der Waals surface area contributed by atoms with E-state index >= 15 is 0 Å². The van der Waals surface area contributed by atoms with Crippen molar-refractivity contribution in [2.45, 2.75) is 26.3 Å². The summed E-state index contributed by atoms with van der Waals surface area (Å²) in [6.07, 6.45) is 1.78. The fourth-order valence-corrected chi connectivity index (χ4v) is 2.65. The van der Waals surface area contributed by atoms with Gasteiger partial charge in [0.1, 0.15) is 0 Å². The highest BCUT2D eigenvalue weighted by atomic mass is 16.7. The largest absolute Gasteiger partial charge is 0.454 e. The van der Waals surface area contributed by atoms with E-state index in [9.17, 15) is 4.79 Å². The van der Waals surface area contributed by atoms with E-state index in [4.69, 9.17) is 9.47 Å². The van der Waals surface area contributed by atoms with E-state index in [1.807, 2.05) is 25.1 Å². The molecule has 0 unspecified atom stereocenters. The summed E-state index contributed by atoms with van der Waals surface area (Å²) in [6, 6.07) is 5.77. The Morgan fingerprint density at radius 3 is 2.85 bits per heavy atom. The van der Waals surface area contributed by atoms with Crippen molar-refractivity contribution in [3.05, 3.63) is 23.8 Å². The zero-order chi connectivity index (χ0) is 14.0. The quantitative estimate of drug-likeness (QED) is 0.876. The van der Waals surface area contributed by atoms with Gasteiger partial charge in [0.15, 0.2) is 11.5 Å². The minimum Gasteiger partial charge on any atom is -0.454 e. The average molecular weight is 276 g/mol. The first-order valence-corrected chi connectivity index (χ1v) is 7.05. The van der Waals surface area contributed by atoms with E-state index in [0.29, 0.717) is 6.54 Å². The van der Waals surface area contributed by atoms with Gasteiger partial charge >= 0.3 is 0 Å². The summed E-state index contributed by atoms with van der Waals surface area (Å²) in [4.78, 5) is 12.3. The Bertz CT molecular complexity index is 510. The summed E-state index contributed by atoms with van der Waals surface area (Å²) in [5.41, 5.74) is 0.779. The van der Waals surface area contributed by atoms with E-state index in [1.54, 1.807) is 0 Å². The molecule has 2 heterocycles. The fourth-order valence-electron chi connectivity index (χ4n) is 2.65. The molecule has 20 heavy (non-hydrogen) atoms. The van der Waals surface area contributed by atoms with Crippen molar-refractivity contribution in [1.82, 2.24) is 10.6 Å². The number of carbonyl (C=O) groups is 1. The zero-order valence-corrected chi connectivity index (χ0v) is 11.7. The smallest absolute Gasteiger partial charge is 0.231 e. The fraction of sp³-hybridized carbons (Fsp3) is 0.533. The molecule has 0 bridgehead atoms. The first kappa shape index (κ1) is 13.2. The molecular weight excluding hydrogens is 256 g/mol. The molecule has 1 aromatic rings. The number of carbonyl (C=O) groups excluding carboxylic acids is 1. The van der Waals surface area contributed by atoms with Crippen LogP contribution in [0.25, 0.3) is 0 Å². The van der Waals surface area contributed by atoms with Gasteiger partial charge in [0.25, 0.3) is 0 Å².